The molecule has 0 aromatic carbocycles. The van der Waals surface area contributed by atoms with Gasteiger partial charge in [-0.1, -0.05) is 71.1 Å². The third-order valence-electron chi connectivity index (χ3n) is 15.7. The first kappa shape index (κ1) is 57.5. The number of nitrogens with zero attached hydrogens (tertiary/aromatic N) is 1. The molecular formula is C55H85NO14. The second-order valence-electron chi connectivity index (χ2n) is 21.2. The molecule has 4 heterocycles. The number of esters is 1. The Balaban J connectivity index is 1.45. The van der Waals surface area contributed by atoms with Crippen molar-refractivity contribution < 1.29 is 67.3 Å². The van der Waals surface area contributed by atoms with Gasteiger partial charge in [-0.2, -0.15) is 0 Å². The van der Waals surface area contributed by atoms with E-state index in [2.05, 4.69) is 0 Å². The fourth-order valence-corrected chi connectivity index (χ4v) is 11.1. The first-order chi connectivity index (χ1) is 33.3. The molecule has 1 saturated carbocycles. The quantitative estimate of drug-likeness (QED) is 0.144. The van der Waals surface area contributed by atoms with Gasteiger partial charge in [0.25, 0.3) is 11.7 Å². The van der Waals surface area contributed by atoms with Crippen molar-refractivity contribution in [1.29, 1.82) is 0 Å². The van der Waals surface area contributed by atoms with Crippen molar-refractivity contribution in [3.63, 3.8) is 0 Å². The van der Waals surface area contributed by atoms with E-state index in [4.69, 9.17) is 33.2 Å². The molecule has 0 aromatic heterocycles. The van der Waals surface area contributed by atoms with Gasteiger partial charge in [0.15, 0.2) is 5.78 Å². The standard InChI is InChI=1S/C55H85NO14/c1-33-16-12-11-13-17-34(2)46(64-8)30-41-21-19-39(7)55(63,70-41)52(60)53(61)56-24-15-14-18-43(56)54(62)69-47(31-44(57)35(3)27-38(6)50(59)51(66-10)49(58)37(5)26-33)36(4)28-40-20-22-45(48(29-40)65-9)68-42-23-25-67-32-42/h11-13,16-17,27,33,35-37,39-43,45-48,50-51,59,63H,14-15,18-26,28-32H2,1-10H3/b13-11+,16-12+,34-17+,38-27+/t33-,35-,36+,37-,39-,40?,41+,42?,43+,45?,46+,47+,48?,50?,51+,55-/m1/s1. The van der Waals surface area contributed by atoms with Crippen LogP contribution in [0.2, 0.25) is 0 Å². The number of carbonyl (C=O) groups is 5. The number of amides is 1. The lowest BCUT2D eigenvalue weighted by Gasteiger charge is -2.42. The number of ether oxygens (including phenoxy) is 7. The highest BCUT2D eigenvalue weighted by Gasteiger charge is 2.53. The van der Waals surface area contributed by atoms with Crippen molar-refractivity contribution in [3.8, 4) is 0 Å². The van der Waals surface area contributed by atoms with E-state index in [9.17, 15) is 34.2 Å². The van der Waals surface area contributed by atoms with Gasteiger partial charge in [0.05, 0.1) is 37.1 Å². The predicted octanol–water partition coefficient (Wildman–Crippen LogP) is 6.99. The summed E-state index contributed by atoms with van der Waals surface area (Å²) in [5, 5.41) is 23.5. The van der Waals surface area contributed by atoms with Crippen LogP contribution in [0, 0.1) is 35.5 Å². The van der Waals surface area contributed by atoms with Crippen LogP contribution in [0.25, 0.3) is 0 Å². The topological polar surface area (TPSA) is 194 Å². The first-order valence-corrected chi connectivity index (χ1v) is 26.0. The molecule has 0 radical (unpaired) electrons. The number of aliphatic hydroxyl groups is 2. The fourth-order valence-electron chi connectivity index (χ4n) is 11.1. The maximum absolute atomic E-state index is 14.5. The summed E-state index contributed by atoms with van der Waals surface area (Å²) in [5.74, 6) is -7.80. The summed E-state index contributed by atoms with van der Waals surface area (Å²) in [6, 6.07) is -1.13. The van der Waals surface area contributed by atoms with E-state index in [1.165, 1.54) is 12.0 Å². The number of carbonyl (C=O) groups excluding carboxylic acids is 5. The van der Waals surface area contributed by atoms with Crippen molar-refractivity contribution in [2.75, 3.05) is 41.1 Å². The minimum Gasteiger partial charge on any atom is -0.460 e. The van der Waals surface area contributed by atoms with E-state index in [1.54, 1.807) is 41.1 Å². The van der Waals surface area contributed by atoms with Gasteiger partial charge >= 0.3 is 5.97 Å². The Hall–Kier alpha value is -3.41. The van der Waals surface area contributed by atoms with Gasteiger partial charge in [-0.05, 0) is 113 Å². The van der Waals surface area contributed by atoms with Crippen LogP contribution in [0.4, 0.5) is 0 Å². The summed E-state index contributed by atoms with van der Waals surface area (Å²) < 4.78 is 41.9. The third kappa shape index (κ3) is 15.1. The lowest BCUT2D eigenvalue weighted by molar-refractivity contribution is -0.265. The Morgan fingerprint density at radius 2 is 1.60 bits per heavy atom. The van der Waals surface area contributed by atoms with Crippen molar-refractivity contribution in [3.05, 3.63) is 47.6 Å². The summed E-state index contributed by atoms with van der Waals surface area (Å²) in [5.41, 5.74) is 1.28. The minimum absolute atomic E-state index is 0.0207. The van der Waals surface area contributed by atoms with Crippen molar-refractivity contribution in [1.82, 2.24) is 4.90 Å². The van der Waals surface area contributed by atoms with Crippen molar-refractivity contribution >= 4 is 29.2 Å². The number of allylic oxidation sites excluding steroid dienone is 6. The predicted molar refractivity (Wildman–Crippen MR) is 263 cm³/mol. The van der Waals surface area contributed by atoms with Gasteiger partial charge < -0.3 is 48.3 Å². The molecule has 0 aromatic rings. The van der Waals surface area contributed by atoms with Gasteiger partial charge in [0.1, 0.15) is 30.1 Å². The van der Waals surface area contributed by atoms with E-state index >= 15 is 0 Å². The smallest absolute Gasteiger partial charge is 0.329 e. The summed E-state index contributed by atoms with van der Waals surface area (Å²) in [4.78, 5) is 72.4. The van der Waals surface area contributed by atoms with Crippen LogP contribution in [0.3, 0.4) is 0 Å². The zero-order chi connectivity index (χ0) is 51.3. The molecule has 1 aliphatic carbocycles. The van der Waals surface area contributed by atoms with Crippen molar-refractivity contribution in [2.24, 2.45) is 35.5 Å². The molecular weight excluding hydrogens is 899 g/mol. The van der Waals surface area contributed by atoms with Gasteiger partial charge in [0, 0.05) is 65.1 Å². The van der Waals surface area contributed by atoms with Crippen LogP contribution in [0.15, 0.2) is 47.6 Å². The zero-order valence-corrected chi connectivity index (χ0v) is 43.7. The zero-order valence-electron chi connectivity index (χ0n) is 43.7. The van der Waals surface area contributed by atoms with Crippen LogP contribution in [0.1, 0.15) is 132 Å². The molecule has 2 N–H and O–H groups in total. The molecule has 16 atom stereocenters. The van der Waals surface area contributed by atoms with Crippen LogP contribution >= 0.6 is 0 Å². The van der Waals surface area contributed by atoms with E-state index in [0.717, 1.165) is 24.8 Å². The van der Waals surface area contributed by atoms with Crippen LogP contribution in [0.5, 0.6) is 0 Å². The molecule has 4 aliphatic heterocycles. The lowest BCUT2D eigenvalue weighted by Crippen LogP contribution is -2.61. The number of hydrogen-bond acceptors (Lipinski definition) is 14. The number of Topliss-reactive ketones (excluding diaryl/α,β-unsaturated/α-hetero) is 3. The molecule has 2 bridgehead atoms. The molecule has 15 nitrogen and oxygen atoms in total. The Morgan fingerprint density at radius 1 is 0.843 bits per heavy atom. The highest BCUT2D eigenvalue weighted by Crippen LogP contribution is 2.38. The van der Waals surface area contributed by atoms with Gasteiger partial charge in [-0.15, -0.1) is 0 Å². The van der Waals surface area contributed by atoms with E-state index in [-0.39, 0.29) is 67.0 Å². The molecule has 394 valence electrons. The number of hydrogen-bond donors (Lipinski definition) is 2. The molecule has 5 unspecified atom stereocenters. The molecule has 5 rings (SSSR count). The Labute approximate surface area is 417 Å². The normalized spacial score (nSPS) is 40.6. The summed E-state index contributed by atoms with van der Waals surface area (Å²) in [6.07, 6.45) is 13.4. The van der Waals surface area contributed by atoms with Gasteiger partial charge in [-0.3, -0.25) is 19.2 Å². The summed E-state index contributed by atoms with van der Waals surface area (Å²) in [7, 11) is 4.66. The third-order valence-corrected chi connectivity index (χ3v) is 15.7. The van der Waals surface area contributed by atoms with E-state index in [1.807, 2.05) is 58.1 Å². The maximum atomic E-state index is 14.5. The molecule has 1 amide bonds. The Kier molecular flexibility index (Phi) is 22.2. The number of cyclic esters (lactones) is 1. The second kappa shape index (κ2) is 27.0. The summed E-state index contributed by atoms with van der Waals surface area (Å²) >= 11 is 0. The van der Waals surface area contributed by atoms with Crippen LogP contribution < -0.4 is 0 Å². The largest absolute Gasteiger partial charge is 0.460 e. The Bertz CT molecular complexity index is 1890. The average Bonchev–Trinajstić information content (AvgIpc) is 3.86. The van der Waals surface area contributed by atoms with Crippen molar-refractivity contribution in [2.45, 2.75) is 193 Å². The maximum Gasteiger partial charge on any atom is 0.329 e. The second-order valence-corrected chi connectivity index (χ2v) is 21.2. The molecule has 3 saturated heterocycles. The first-order valence-electron chi connectivity index (χ1n) is 26.0. The minimum atomic E-state index is -2.43. The number of piperidine rings is 1. The molecule has 0 spiro atoms. The van der Waals surface area contributed by atoms with E-state index in [0.29, 0.717) is 70.2 Å². The highest BCUT2D eigenvalue weighted by atomic mass is 16.6. The number of fused-ring (bicyclic) bond motifs is 3. The van der Waals surface area contributed by atoms with Crippen LogP contribution in [-0.2, 0) is 57.1 Å². The molecule has 70 heavy (non-hydrogen) atoms. The summed E-state index contributed by atoms with van der Waals surface area (Å²) in [6.45, 7) is 14.1. The Morgan fingerprint density at radius 3 is 2.29 bits per heavy atom. The van der Waals surface area contributed by atoms with Gasteiger partial charge in [0.2, 0.25) is 5.79 Å². The monoisotopic (exact) mass is 984 g/mol. The highest BCUT2D eigenvalue weighted by molar-refractivity contribution is 6.39. The number of aliphatic hydroxyl groups excluding tert-OH is 1. The van der Waals surface area contributed by atoms with Crippen LogP contribution in [-0.4, -0.2) is 146 Å². The fraction of sp³-hybridized carbons (Fsp3) is 0.764. The average molecular weight is 984 g/mol. The number of ketones is 3. The SMILES string of the molecule is COC1CC(C[C@H](C)[C@@H]2CC(=O)[C@H](C)/C=C(\C)C(O)[C@@H](OC)C(=O)[C@H](C)C[C@H](C)/C=C/C=C/C=C(\C)[C@@H](OC)C[C@@H]3CC[C@@H](C)[C@@](O)(O3)C(=O)C(=O)N3CCCC[C@H]3C(=O)O2)CCC1OC1CCOC1. The number of methoxy groups -OCH3 is 3. The molecule has 5 aliphatic rings. The molecule has 4 fully saturated rings. The number of rotatable bonds is 8. The lowest BCUT2D eigenvalue weighted by atomic mass is 9.78. The molecule has 15 heteroatoms. The van der Waals surface area contributed by atoms with Gasteiger partial charge in [-0.25, -0.2) is 4.79 Å². The van der Waals surface area contributed by atoms with E-state index < -0.39 is 77.8 Å².